The Labute approximate surface area is 338 Å². The van der Waals surface area contributed by atoms with Gasteiger partial charge in [-0.15, -0.1) is 0 Å². The number of rotatable bonds is 7. The molecule has 0 aliphatic rings. The fourth-order valence-corrected chi connectivity index (χ4v) is 8.85. The van der Waals surface area contributed by atoms with Gasteiger partial charge in [-0.1, -0.05) is 176 Å². The van der Waals surface area contributed by atoms with Crippen molar-refractivity contribution in [3.63, 3.8) is 0 Å². The number of fused-ring (bicyclic) bond motifs is 6. The third kappa shape index (κ3) is 5.74. The van der Waals surface area contributed by atoms with E-state index in [2.05, 4.69) is 240 Å². The van der Waals surface area contributed by atoms with Gasteiger partial charge in [0.15, 0.2) is 0 Å². The van der Waals surface area contributed by atoms with Crippen LogP contribution in [0, 0.1) is 0 Å². The fourth-order valence-electron chi connectivity index (χ4n) is 8.85. The predicted molar refractivity (Wildman–Crippen MR) is 247 cm³/mol. The minimum absolute atomic E-state index is 1.10. The standard InChI is InChI=1S/C56H38N2/c1-3-14-39(15-4-1)41-26-31-45(32-27-41)57(47-20-13-19-44(38-47)40-16-5-2-6-17-40)46-33-28-43(29-34-46)48-35-37-54(51-23-10-9-22-50(48)51)58-53-25-12-11-24-52(53)56-49-21-8-7-18-42(49)30-36-55(56)58/h1-38H. The number of hydrogen-bond donors (Lipinski definition) is 0. The summed E-state index contributed by atoms with van der Waals surface area (Å²) in [5, 5.41) is 7.55. The van der Waals surface area contributed by atoms with E-state index in [0.717, 1.165) is 17.1 Å². The largest absolute Gasteiger partial charge is 0.310 e. The minimum atomic E-state index is 1.10. The van der Waals surface area contributed by atoms with Gasteiger partial charge in [-0.2, -0.15) is 0 Å². The maximum Gasteiger partial charge on any atom is 0.0547 e. The van der Waals surface area contributed by atoms with Gasteiger partial charge in [0.25, 0.3) is 0 Å². The summed E-state index contributed by atoms with van der Waals surface area (Å²) in [4.78, 5) is 2.36. The van der Waals surface area contributed by atoms with Crippen LogP contribution in [0.4, 0.5) is 17.1 Å². The van der Waals surface area contributed by atoms with Crippen molar-refractivity contribution in [3.8, 4) is 39.1 Å². The molecule has 11 aromatic rings. The monoisotopic (exact) mass is 738 g/mol. The van der Waals surface area contributed by atoms with E-state index in [1.54, 1.807) is 0 Å². The van der Waals surface area contributed by atoms with E-state index < -0.39 is 0 Å². The maximum absolute atomic E-state index is 2.46. The Hall–Kier alpha value is -7.68. The molecule has 10 aromatic carbocycles. The van der Waals surface area contributed by atoms with Gasteiger partial charge in [0.1, 0.15) is 0 Å². The second-order valence-electron chi connectivity index (χ2n) is 14.9. The number of para-hydroxylation sites is 1. The molecule has 0 saturated heterocycles. The molecule has 0 bridgehead atoms. The first-order valence-corrected chi connectivity index (χ1v) is 19.9. The molecular weight excluding hydrogens is 701 g/mol. The first-order valence-electron chi connectivity index (χ1n) is 19.9. The quantitative estimate of drug-likeness (QED) is 0.158. The summed E-state index contributed by atoms with van der Waals surface area (Å²) >= 11 is 0. The van der Waals surface area contributed by atoms with Crippen molar-refractivity contribution in [2.24, 2.45) is 0 Å². The van der Waals surface area contributed by atoms with E-state index in [4.69, 9.17) is 0 Å². The van der Waals surface area contributed by atoms with Crippen LogP contribution in [0.1, 0.15) is 0 Å². The van der Waals surface area contributed by atoms with Gasteiger partial charge in [0, 0.05) is 33.2 Å². The summed E-state index contributed by atoms with van der Waals surface area (Å²) in [7, 11) is 0. The number of nitrogens with zero attached hydrogens (tertiary/aromatic N) is 2. The Balaban J connectivity index is 1.02. The van der Waals surface area contributed by atoms with Crippen LogP contribution in [0.2, 0.25) is 0 Å². The molecule has 0 radical (unpaired) electrons. The maximum atomic E-state index is 2.46. The average Bonchev–Trinajstić information content (AvgIpc) is 3.65. The molecule has 0 saturated carbocycles. The van der Waals surface area contributed by atoms with E-state index >= 15 is 0 Å². The fraction of sp³-hybridized carbons (Fsp3) is 0. The molecule has 2 heteroatoms. The average molecular weight is 739 g/mol. The molecule has 0 spiro atoms. The molecule has 2 nitrogen and oxygen atoms in total. The third-order valence-electron chi connectivity index (χ3n) is 11.6. The number of anilines is 3. The van der Waals surface area contributed by atoms with Crippen LogP contribution in [-0.4, -0.2) is 4.57 Å². The SMILES string of the molecule is c1ccc(-c2ccc(N(c3ccc(-c4ccc(-n5c6ccccc6c6c7ccccc7ccc65)c5ccccc45)cc3)c3cccc(-c4ccccc4)c3)cc2)cc1. The van der Waals surface area contributed by atoms with Crippen LogP contribution >= 0.6 is 0 Å². The highest BCUT2D eigenvalue weighted by Gasteiger charge is 2.19. The van der Waals surface area contributed by atoms with Crippen molar-refractivity contribution in [2.75, 3.05) is 4.90 Å². The number of hydrogen-bond acceptors (Lipinski definition) is 1. The lowest BCUT2D eigenvalue weighted by Gasteiger charge is -2.26. The van der Waals surface area contributed by atoms with Gasteiger partial charge in [-0.25, -0.2) is 0 Å². The summed E-state index contributed by atoms with van der Waals surface area (Å²) in [6, 6.07) is 83.5. The van der Waals surface area contributed by atoms with Crippen LogP contribution in [0.15, 0.2) is 231 Å². The molecule has 0 N–H and O–H groups in total. The lowest BCUT2D eigenvalue weighted by atomic mass is 9.96. The first kappa shape index (κ1) is 33.6. The molecule has 0 unspecified atom stereocenters. The molecule has 0 aliphatic heterocycles. The molecule has 11 rings (SSSR count). The summed E-state index contributed by atoms with van der Waals surface area (Å²) in [6.45, 7) is 0. The van der Waals surface area contributed by atoms with Crippen LogP contribution < -0.4 is 4.90 Å². The molecule has 1 aromatic heterocycles. The van der Waals surface area contributed by atoms with Gasteiger partial charge in [-0.05, 0) is 104 Å². The zero-order valence-electron chi connectivity index (χ0n) is 31.8. The molecule has 0 amide bonds. The van der Waals surface area contributed by atoms with E-state index in [9.17, 15) is 0 Å². The number of benzene rings is 10. The molecule has 58 heavy (non-hydrogen) atoms. The van der Waals surface area contributed by atoms with Gasteiger partial charge in [0.05, 0.1) is 16.7 Å². The van der Waals surface area contributed by atoms with Gasteiger partial charge in [-0.3, -0.25) is 0 Å². The summed E-state index contributed by atoms with van der Waals surface area (Å²) < 4.78 is 2.46. The van der Waals surface area contributed by atoms with E-state index in [1.807, 2.05) is 0 Å². The zero-order chi connectivity index (χ0) is 38.4. The van der Waals surface area contributed by atoms with E-state index in [0.29, 0.717) is 0 Å². The minimum Gasteiger partial charge on any atom is -0.310 e. The zero-order valence-corrected chi connectivity index (χ0v) is 31.8. The van der Waals surface area contributed by atoms with Crippen LogP contribution in [0.3, 0.4) is 0 Å². The molecule has 272 valence electrons. The Kier molecular flexibility index (Phi) is 8.19. The molecule has 1 heterocycles. The topological polar surface area (TPSA) is 8.17 Å². The molecular formula is C56H38N2. The first-order chi connectivity index (χ1) is 28.8. The molecule has 0 fully saturated rings. The van der Waals surface area contributed by atoms with Crippen molar-refractivity contribution >= 4 is 60.4 Å². The molecule has 0 atom stereocenters. The van der Waals surface area contributed by atoms with Crippen molar-refractivity contribution < 1.29 is 0 Å². The summed E-state index contributed by atoms with van der Waals surface area (Å²) in [6.07, 6.45) is 0. The lowest BCUT2D eigenvalue weighted by molar-refractivity contribution is 1.20. The Morgan fingerprint density at radius 2 is 0.845 bits per heavy atom. The predicted octanol–water partition coefficient (Wildman–Crippen LogP) is 15.6. The Bertz CT molecular complexity index is 3250. The van der Waals surface area contributed by atoms with Gasteiger partial charge >= 0.3 is 0 Å². The Morgan fingerprint density at radius 1 is 0.293 bits per heavy atom. The second kappa shape index (κ2) is 14.1. The third-order valence-corrected chi connectivity index (χ3v) is 11.6. The van der Waals surface area contributed by atoms with Crippen molar-refractivity contribution in [3.05, 3.63) is 231 Å². The summed E-state index contributed by atoms with van der Waals surface area (Å²) in [5.41, 5.74) is 14.1. The van der Waals surface area contributed by atoms with E-state index in [-0.39, 0.29) is 0 Å². The summed E-state index contributed by atoms with van der Waals surface area (Å²) in [5.74, 6) is 0. The van der Waals surface area contributed by atoms with E-state index in [1.165, 1.54) is 82.4 Å². The van der Waals surface area contributed by atoms with Crippen LogP contribution in [0.5, 0.6) is 0 Å². The number of aromatic nitrogens is 1. The Morgan fingerprint density at radius 3 is 1.57 bits per heavy atom. The van der Waals surface area contributed by atoms with Crippen LogP contribution in [0.25, 0.3) is 82.4 Å². The highest BCUT2D eigenvalue weighted by atomic mass is 15.1. The van der Waals surface area contributed by atoms with Crippen molar-refractivity contribution in [1.82, 2.24) is 4.57 Å². The smallest absolute Gasteiger partial charge is 0.0547 e. The normalized spacial score (nSPS) is 11.4. The van der Waals surface area contributed by atoms with Crippen molar-refractivity contribution in [2.45, 2.75) is 0 Å². The van der Waals surface area contributed by atoms with Gasteiger partial charge < -0.3 is 9.47 Å². The highest BCUT2D eigenvalue weighted by molar-refractivity contribution is 6.22. The molecule has 0 aliphatic carbocycles. The van der Waals surface area contributed by atoms with Gasteiger partial charge in [0.2, 0.25) is 0 Å². The lowest BCUT2D eigenvalue weighted by Crippen LogP contribution is -2.10. The van der Waals surface area contributed by atoms with Crippen molar-refractivity contribution in [1.29, 1.82) is 0 Å². The highest BCUT2D eigenvalue weighted by Crippen LogP contribution is 2.42. The second-order valence-corrected chi connectivity index (χ2v) is 14.9. The van der Waals surface area contributed by atoms with Crippen LogP contribution in [-0.2, 0) is 0 Å².